The molecule has 0 radical (unpaired) electrons. The van der Waals surface area contributed by atoms with Crippen molar-refractivity contribution in [2.75, 3.05) is 13.1 Å². The van der Waals surface area contributed by atoms with Gasteiger partial charge < -0.3 is 24.0 Å². The Labute approximate surface area is 173 Å². The minimum absolute atomic E-state index is 0.0701. The molecular formula is C22H22N4O4. The minimum atomic E-state index is -0.970. The van der Waals surface area contributed by atoms with Gasteiger partial charge in [0.2, 0.25) is 0 Å². The van der Waals surface area contributed by atoms with Crippen molar-refractivity contribution in [2.45, 2.75) is 32.7 Å². The molecule has 8 nitrogen and oxygen atoms in total. The number of carbonyl (C=O) groups is 2. The summed E-state index contributed by atoms with van der Waals surface area (Å²) in [5, 5.41) is 13.3. The van der Waals surface area contributed by atoms with Gasteiger partial charge >= 0.3 is 0 Å². The molecule has 1 atom stereocenters. The van der Waals surface area contributed by atoms with Crippen LogP contribution >= 0.6 is 0 Å². The zero-order chi connectivity index (χ0) is 21.0. The minimum Gasteiger partial charge on any atom is -0.392 e. The number of rotatable bonds is 3. The number of nitrogens with zero attached hydrogens (tertiary/aromatic N) is 4. The Morgan fingerprint density at radius 3 is 2.60 bits per heavy atom. The summed E-state index contributed by atoms with van der Waals surface area (Å²) in [5.74, 6) is -0.318. The van der Waals surface area contributed by atoms with E-state index in [4.69, 9.17) is 4.52 Å². The predicted octanol–water partition coefficient (Wildman–Crippen LogP) is 2.05. The van der Waals surface area contributed by atoms with Gasteiger partial charge in [0, 0.05) is 18.8 Å². The van der Waals surface area contributed by atoms with Crippen molar-refractivity contribution >= 4 is 11.8 Å². The number of aryl methyl sites for hydroxylation is 2. The molecule has 1 saturated heterocycles. The van der Waals surface area contributed by atoms with Crippen LogP contribution in [-0.4, -0.2) is 49.5 Å². The van der Waals surface area contributed by atoms with E-state index in [9.17, 15) is 14.7 Å². The third-order valence-corrected chi connectivity index (χ3v) is 6.31. The fourth-order valence-corrected chi connectivity index (χ4v) is 4.67. The van der Waals surface area contributed by atoms with Crippen molar-refractivity contribution in [3.63, 3.8) is 0 Å². The summed E-state index contributed by atoms with van der Waals surface area (Å²) < 4.78 is 6.98. The molecule has 1 fully saturated rings. The van der Waals surface area contributed by atoms with Crippen LogP contribution in [0.15, 0.2) is 47.2 Å². The lowest BCUT2D eigenvalue weighted by Gasteiger charge is -2.47. The van der Waals surface area contributed by atoms with Crippen LogP contribution in [0, 0.1) is 13.8 Å². The van der Waals surface area contributed by atoms with Crippen molar-refractivity contribution in [1.29, 1.82) is 0 Å². The summed E-state index contributed by atoms with van der Waals surface area (Å²) >= 11 is 0. The maximum atomic E-state index is 13.6. The predicted molar refractivity (Wildman–Crippen MR) is 107 cm³/mol. The number of aliphatic hydroxyl groups excluding tert-OH is 1. The van der Waals surface area contributed by atoms with Gasteiger partial charge in [-0.15, -0.1) is 0 Å². The second kappa shape index (κ2) is 6.56. The molecule has 0 saturated carbocycles. The Balaban J connectivity index is 1.70. The molecule has 0 spiro atoms. The number of amides is 2. The molecule has 0 bridgehead atoms. The highest BCUT2D eigenvalue weighted by Gasteiger charge is 2.56. The molecule has 2 aromatic heterocycles. The molecule has 5 rings (SSSR count). The van der Waals surface area contributed by atoms with Crippen LogP contribution in [0.1, 0.15) is 43.4 Å². The van der Waals surface area contributed by atoms with Crippen LogP contribution in [0.25, 0.3) is 0 Å². The maximum Gasteiger partial charge on any atom is 0.272 e. The number of hydrogen-bond donors (Lipinski definition) is 1. The first-order chi connectivity index (χ1) is 14.5. The number of aliphatic hydroxyl groups is 1. The average molecular weight is 406 g/mol. The van der Waals surface area contributed by atoms with Gasteiger partial charge in [0.25, 0.3) is 11.8 Å². The summed E-state index contributed by atoms with van der Waals surface area (Å²) in [6.07, 6.45) is 1.36. The van der Waals surface area contributed by atoms with Crippen molar-refractivity contribution in [2.24, 2.45) is 0 Å². The SMILES string of the molecule is Cc1nocc1C(=O)N1CCN2C(=O)c3ccc(C)n3CC12c1ccc(CO)cc1. The Kier molecular flexibility index (Phi) is 4.08. The molecule has 3 aromatic rings. The highest BCUT2D eigenvalue weighted by atomic mass is 16.5. The van der Waals surface area contributed by atoms with Crippen molar-refractivity contribution < 1.29 is 19.2 Å². The van der Waals surface area contributed by atoms with E-state index in [2.05, 4.69) is 5.16 Å². The van der Waals surface area contributed by atoms with E-state index in [1.165, 1.54) is 6.26 Å². The normalized spacial score (nSPS) is 20.4. The number of carbonyl (C=O) groups excluding carboxylic acids is 2. The van der Waals surface area contributed by atoms with Gasteiger partial charge in [-0.2, -0.15) is 0 Å². The van der Waals surface area contributed by atoms with Crippen molar-refractivity contribution in [3.05, 3.63) is 76.4 Å². The van der Waals surface area contributed by atoms with Gasteiger partial charge in [-0.25, -0.2) is 0 Å². The van der Waals surface area contributed by atoms with E-state index >= 15 is 0 Å². The Morgan fingerprint density at radius 2 is 1.93 bits per heavy atom. The van der Waals surface area contributed by atoms with Crippen LogP contribution < -0.4 is 0 Å². The fraction of sp³-hybridized carbons (Fsp3) is 0.318. The topological polar surface area (TPSA) is 91.8 Å². The Morgan fingerprint density at radius 1 is 1.17 bits per heavy atom. The molecular weight excluding hydrogens is 384 g/mol. The Hall–Kier alpha value is -3.39. The van der Waals surface area contributed by atoms with Gasteiger partial charge in [-0.1, -0.05) is 29.4 Å². The number of aromatic nitrogens is 2. The van der Waals surface area contributed by atoms with E-state index in [1.54, 1.807) is 16.7 Å². The molecule has 30 heavy (non-hydrogen) atoms. The lowest BCUT2D eigenvalue weighted by molar-refractivity contribution is -0.00637. The van der Waals surface area contributed by atoms with Crippen LogP contribution in [0.3, 0.4) is 0 Å². The molecule has 1 N–H and O–H groups in total. The molecule has 4 heterocycles. The quantitative estimate of drug-likeness (QED) is 0.719. The highest BCUT2D eigenvalue weighted by Crippen LogP contribution is 2.44. The maximum absolute atomic E-state index is 13.6. The van der Waals surface area contributed by atoms with Gasteiger partial charge in [0.1, 0.15) is 17.5 Å². The average Bonchev–Trinajstić information content (AvgIpc) is 3.46. The van der Waals surface area contributed by atoms with E-state index in [0.29, 0.717) is 36.6 Å². The van der Waals surface area contributed by atoms with Crippen LogP contribution in [0.5, 0.6) is 0 Å². The van der Waals surface area contributed by atoms with Gasteiger partial charge in [-0.05, 0) is 37.1 Å². The fourth-order valence-electron chi connectivity index (χ4n) is 4.67. The van der Waals surface area contributed by atoms with Gasteiger partial charge in [0.05, 0.1) is 18.8 Å². The first kappa shape index (κ1) is 18.6. The first-order valence-corrected chi connectivity index (χ1v) is 9.88. The van der Waals surface area contributed by atoms with Crippen molar-refractivity contribution in [3.8, 4) is 0 Å². The van der Waals surface area contributed by atoms with Crippen molar-refractivity contribution in [1.82, 2.24) is 19.5 Å². The first-order valence-electron chi connectivity index (χ1n) is 9.88. The summed E-state index contributed by atoms with van der Waals surface area (Å²) in [7, 11) is 0. The standard InChI is InChI=1S/C22H22N4O4/c1-14-3-8-19-21(29)26-10-9-25(20(28)18-12-30-23-15(18)2)22(26,13-24(14)19)17-6-4-16(11-27)5-7-17/h3-8,12,27H,9-11,13H2,1-2H3. The van der Waals surface area contributed by atoms with E-state index in [1.807, 2.05) is 47.9 Å². The molecule has 2 aliphatic heterocycles. The summed E-state index contributed by atoms with van der Waals surface area (Å²) in [4.78, 5) is 30.5. The molecule has 1 unspecified atom stereocenters. The lowest BCUT2D eigenvalue weighted by atomic mass is 9.92. The van der Waals surface area contributed by atoms with E-state index in [0.717, 1.165) is 16.8 Å². The molecule has 2 aliphatic rings. The zero-order valence-electron chi connectivity index (χ0n) is 16.8. The third-order valence-electron chi connectivity index (χ3n) is 6.31. The summed E-state index contributed by atoms with van der Waals surface area (Å²) in [5.41, 5.74) is 3.13. The second-order valence-corrected chi connectivity index (χ2v) is 7.84. The largest absolute Gasteiger partial charge is 0.392 e. The summed E-state index contributed by atoms with van der Waals surface area (Å²) in [6.45, 7) is 4.89. The molecule has 0 aliphatic carbocycles. The van der Waals surface area contributed by atoms with Crippen LogP contribution in [-0.2, 0) is 18.8 Å². The monoisotopic (exact) mass is 406 g/mol. The van der Waals surface area contributed by atoms with Crippen LogP contribution in [0.4, 0.5) is 0 Å². The van der Waals surface area contributed by atoms with Gasteiger partial charge in [-0.3, -0.25) is 9.59 Å². The Bertz CT molecular complexity index is 1150. The molecule has 154 valence electrons. The second-order valence-electron chi connectivity index (χ2n) is 7.84. The molecule has 8 heteroatoms. The molecule has 1 aromatic carbocycles. The smallest absolute Gasteiger partial charge is 0.272 e. The zero-order valence-corrected chi connectivity index (χ0v) is 16.8. The number of fused-ring (bicyclic) bond motifs is 2. The number of benzene rings is 1. The lowest BCUT2D eigenvalue weighted by Crippen LogP contribution is -2.60. The highest BCUT2D eigenvalue weighted by molar-refractivity contribution is 5.99. The van der Waals surface area contributed by atoms with E-state index in [-0.39, 0.29) is 18.4 Å². The number of hydrogen-bond acceptors (Lipinski definition) is 5. The molecule has 2 amide bonds. The summed E-state index contributed by atoms with van der Waals surface area (Å²) in [6, 6.07) is 11.2. The van der Waals surface area contributed by atoms with E-state index < -0.39 is 5.66 Å². The van der Waals surface area contributed by atoms with Gasteiger partial charge in [0.15, 0.2) is 5.66 Å². The van der Waals surface area contributed by atoms with Crippen LogP contribution in [0.2, 0.25) is 0 Å². The third kappa shape index (κ3) is 2.40.